The van der Waals surface area contributed by atoms with Crippen molar-refractivity contribution in [2.45, 2.75) is 26.3 Å². The molecule has 1 aliphatic rings. The Bertz CT molecular complexity index is 1500. The quantitative estimate of drug-likeness (QED) is 0.212. The van der Waals surface area contributed by atoms with Gasteiger partial charge in [-0.05, 0) is 54.3 Å². The van der Waals surface area contributed by atoms with Gasteiger partial charge in [0.1, 0.15) is 5.76 Å². The molecule has 0 saturated carbocycles. The molecular weight excluding hydrogens is 470 g/mol. The molecule has 2 heterocycles. The number of benzene rings is 3. The van der Waals surface area contributed by atoms with Gasteiger partial charge in [0.25, 0.3) is 5.78 Å². The van der Waals surface area contributed by atoms with Crippen LogP contribution in [0.4, 0.5) is 10.8 Å². The van der Waals surface area contributed by atoms with Crippen LogP contribution in [0.15, 0.2) is 72.3 Å². The van der Waals surface area contributed by atoms with Crippen molar-refractivity contribution in [3.8, 4) is 0 Å². The number of aliphatic hydroxyl groups is 1. The molecule has 4 aromatic rings. The summed E-state index contributed by atoms with van der Waals surface area (Å²) in [5.74, 6) is -1.60. The van der Waals surface area contributed by atoms with Crippen molar-refractivity contribution in [2.24, 2.45) is 0 Å². The van der Waals surface area contributed by atoms with Gasteiger partial charge in [0.2, 0.25) is 0 Å². The highest BCUT2D eigenvalue weighted by molar-refractivity contribution is 7.22. The molecule has 0 radical (unpaired) electrons. The average Bonchev–Trinajstić information content (AvgIpc) is 3.41. The molecular formula is C29H27N3O3S. The predicted molar refractivity (Wildman–Crippen MR) is 146 cm³/mol. The Morgan fingerprint density at radius 3 is 2.36 bits per heavy atom. The summed E-state index contributed by atoms with van der Waals surface area (Å²) >= 11 is 1.36. The Hall–Kier alpha value is -3.97. The lowest BCUT2D eigenvalue weighted by Gasteiger charge is -2.23. The van der Waals surface area contributed by atoms with Crippen LogP contribution in [-0.2, 0) is 16.0 Å². The number of aryl methyl sites for hydroxylation is 2. The summed E-state index contributed by atoms with van der Waals surface area (Å²) in [6, 6.07) is 20.2. The molecule has 7 heteroatoms. The molecule has 1 amide bonds. The zero-order chi connectivity index (χ0) is 25.6. The van der Waals surface area contributed by atoms with Crippen LogP contribution in [0.5, 0.6) is 0 Å². The highest BCUT2D eigenvalue weighted by Crippen LogP contribution is 2.44. The molecule has 36 heavy (non-hydrogen) atoms. The van der Waals surface area contributed by atoms with Gasteiger partial charge >= 0.3 is 5.91 Å². The normalized spacial score (nSPS) is 17.2. The SMILES string of the molecule is CCc1ccc(/C(O)=C2\C(=O)C(=O)N(c3nc4ccc(C)cc4s3)C2c2ccc(N(C)C)cc2)cc1. The van der Waals surface area contributed by atoms with E-state index in [1.54, 1.807) is 12.1 Å². The number of rotatable bonds is 5. The van der Waals surface area contributed by atoms with Crippen LogP contribution in [0.1, 0.15) is 35.2 Å². The Kier molecular flexibility index (Phi) is 6.10. The zero-order valence-electron chi connectivity index (χ0n) is 20.6. The first-order valence-corrected chi connectivity index (χ1v) is 12.6. The molecule has 0 aliphatic carbocycles. The summed E-state index contributed by atoms with van der Waals surface area (Å²) < 4.78 is 0.934. The largest absolute Gasteiger partial charge is 0.507 e. The Labute approximate surface area is 214 Å². The Morgan fingerprint density at radius 1 is 1.03 bits per heavy atom. The van der Waals surface area contributed by atoms with Gasteiger partial charge in [0.15, 0.2) is 5.13 Å². The summed E-state index contributed by atoms with van der Waals surface area (Å²) in [7, 11) is 3.90. The molecule has 0 spiro atoms. The van der Waals surface area contributed by atoms with E-state index in [-0.39, 0.29) is 11.3 Å². The van der Waals surface area contributed by atoms with Crippen LogP contribution in [-0.4, -0.2) is 35.9 Å². The highest BCUT2D eigenvalue weighted by atomic mass is 32.1. The van der Waals surface area contributed by atoms with Crippen molar-refractivity contribution in [1.29, 1.82) is 0 Å². The monoisotopic (exact) mass is 497 g/mol. The number of carbonyl (C=O) groups excluding carboxylic acids is 2. The fourth-order valence-corrected chi connectivity index (χ4v) is 5.57. The molecule has 6 nitrogen and oxygen atoms in total. The van der Waals surface area contributed by atoms with E-state index in [0.717, 1.165) is 39.0 Å². The number of hydrogen-bond acceptors (Lipinski definition) is 6. The smallest absolute Gasteiger partial charge is 0.301 e. The van der Waals surface area contributed by atoms with E-state index >= 15 is 0 Å². The van der Waals surface area contributed by atoms with E-state index in [1.807, 2.05) is 80.5 Å². The number of hydrogen-bond donors (Lipinski definition) is 1. The van der Waals surface area contributed by atoms with Crippen molar-refractivity contribution in [1.82, 2.24) is 4.98 Å². The van der Waals surface area contributed by atoms with Crippen molar-refractivity contribution in [3.05, 3.63) is 94.6 Å². The van der Waals surface area contributed by atoms with Gasteiger partial charge in [-0.3, -0.25) is 14.5 Å². The van der Waals surface area contributed by atoms with Gasteiger partial charge < -0.3 is 10.0 Å². The summed E-state index contributed by atoms with van der Waals surface area (Å²) in [6.07, 6.45) is 0.862. The molecule has 182 valence electrons. The lowest BCUT2D eigenvalue weighted by atomic mass is 9.95. The molecule has 1 aliphatic heterocycles. The molecule has 1 aromatic heterocycles. The van der Waals surface area contributed by atoms with Crippen molar-refractivity contribution in [3.63, 3.8) is 0 Å². The van der Waals surface area contributed by atoms with Crippen molar-refractivity contribution < 1.29 is 14.7 Å². The third kappa shape index (κ3) is 4.05. The van der Waals surface area contributed by atoms with Crippen molar-refractivity contribution >= 4 is 49.8 Å². The number of nitrogens with zero attached hydrogens (tertiary/aromatic N) is 3. The maximum Gasteiger partial charge on any atom is 0.301 e. The van der Waals surface area contributed by atoms with Crippen LogP contribution >= 0.6 is 11.3 Å². The van der Waals surface area contributed by atoms with Crippen molar-refractivity contribution in [2.75, 3.05) is 23.9 Å². The van der Waals surface area contributed by atoms with Gasteiger partial charge in [-0.15, -0.1) is 0 Å². The molecule has 5 rings (SSSR count). The fraction of sp³-hybridized carbons (Fsp3) is 0.207. The predicted octanol–water partition coefficient (Wildman–Crippen LogP) is 5.86. The molecule has 1 saturated heterocycles. The molecule has 1 unspecified atom stereocenters. The number of ketones is 1. The van der Waals surface area contributed by atoms with Crippen LogP contribution in [0, 0.1) is 6.92 Å². The average molecular weight is 498 g/mol. The second-order valence-corrected chi connectivity index (χ2v) is 10.2. The van der Waals surface area contributed by atoms with Gasteiger partial charge in [-0.2, -0.15) is 0 Å². The minimum atomic E-state index is -0.797. The van der Waals surface area contributed by atoms with Gasteiger partial charge in [-0.25, -0.2) is 4.98 Å². The number of amides is 1. The zero-order valence-corrected chi connectivity index (χ0v) is 21.5. The third-order valence-corrected chi connectivity index (χ3v) is 7.56. The maximum atomic E-state index is 13.4. The molecule has 3 aromatic carbocycles. The van der Waals surface area contributed by atoms with Gasteiger partial charge in [-0.1, -0.05) is 60.7 Å². The third-order valence-electron chi connectivity index (χ3n) is 6.54. The van der Waals surface area contributed by atoms with Crippen LogP contribution < -0.4 is 9.80 Å². The van der Waals surface area contributed by atoms with Crippen LogP contribution in [0.3, 0.4) is 0 Å². The summed E-state index contributed by atoms with van der Waals surface area (Å²) in [6.45, 7) is 4.05. The van der Waals surface area contributed by atoms with E-state index in [1.165, 1.54) is 16.2 Å². The lowest BCUT2D eigenvalue weighted by Crippen LogP contribution is -2.29. The number of aromatic nitrogens is 1. The van der Waals surface area contributed by atoms with E-state index in [9.17, 15) is 14.7 Å². The van der Waals surface area contributed by atoms with Gasteiger partial charge in [0.05, 0.1) is 21.8 Å². The van der Waals surface area contributed by atoms with E-state index in [2.05, 4.69) is 6.92 Å². The summed E-state index contributed by atoms with van der Waals surface area (Å²) in [5, 5.41) is 11.8. The van der Waals surface area contributed by atoms with Gasteiger partial charge in [0, 0.05) is 25.3 Å². The molecule has 1 fully saturated rings. The van der Waals surface area contributed by atoms with Crippen LogP contribution in [0.25, 0.3) is 16.0 Å². The first-order valence-electron chi connectivity index (χ1n) is 11.8. The van der Waals surface area contributed by atoms with E-state index in [4.69, 9.17) is 4.98 Å². The number of aliphatic hydroxyl groups excluding tert-OH is 1. The summed E-state index contributed by atoms with van der Waals surface area (Å²) in [4.78, 5) is 35.0. The highest BCUT2D eigenvalue weighted by Gasteiger charge is 2.48. The second kappa shape index (κ2) is 9.24. The number of carbonyl (C=O) groups is 2. The maximum absolute atomic E-state index is 13.4. The first kappa shape index (κ1) is 23.8. The fourth-order valence-electron chi connectivity index (χ4n) is 4.48. The lowest BCUT2D eigenvalue weighted by molar-refractivity contribution is -0.132. The Balaban J connectivity index is 1.70. The Morgan fingerprint density at radius 2 is 1.72 bits per heavy atom. The van der Waals surface area contributed by atoms with Crippen LogP contribution in [0.2, 0.25) is 0 Å². The number of fused-ring (bicyclic) bond motifs is 1. The molecule has 0 bridgehead atoms. The number of thiazole rings is 1. The summed E-state index contributed by atoms with van der Waals surface area (Å²) in [5.41, 5.74) is 5.25. The molecule has 1 atom stereocenters. The minimum Gasteiger partial charge on any atom is -0.507 e. The second-order valence-electron chi connectivity index (χ2n) is 9.17. The standard InChI is InChI=1S/C29H27N3O3S/c1-5-18-7-9-20(10-8-18)26(33)24-25(19-11-13-21(14-12-19)31(3)4)32(28(35)27(24)34)29-30-22-15-6-17(2)16-23(22)36-29/h6-16,25,33H,5H2,1-4H3/b26-24+. The van der Waals surface area contributed by atoms with E-state index < -0.39 is 17.7 Å². The minimum absolute atomic E-state index is 0.0669. The number of Topliss-reactive ketones (excluding diaryl/α,β-unsaturated/α-hetero) is 1. The topological polar surface area (TPSA) is 73.7 Å². The first-order chi connectivity index (χ1) is 17.3. The number of anilines is 2. The van der Waals surface area contributed by atoms with E-state index in [0.29, 0.717) is 10.7 Å². The molecule has 1 N–H and O–H groups in total.